The van der Waals surface area contributed by atoms with Gasteiger partial charge in [0.25, 0.3) is 0 Å². The predicted octanol–water partition coefficient (Wildman–Crippen LogP) is -6.00. The molecule has 3 heterocycles. The molecule has 3 fully saturated rings. The molecule has 0 bridgehead atoms. The molecule has 3 rings (SSSR count). The van der Waals surface area contributed by atoms with Crippen molar-refractivity contribution in [3.05, 3.63) is 0 Å². The summed E-state index contributed by atoms with van der Waals surface area (Å²) in [7, 11) is 0. The highest BCUT2D eigenvalue weighted by molar-refractivity contribution is 7.80. The van der Waals surface area contributed by atoms with Gasteiger partial charge in [-0.2, -0.15) is 12.6 Å². The van der Waals surface area contributed by atoms with Crippen molar-refractivity contribution in [3.8, 4) is 0 Å². The quantitative estimate of drug-likeness (QED) is 0.0126. The minimum absolute atomic E-state index is 0.0154. The van der Waals surface area contributed by atoms with Crippen LogP contribution in [-0.2, 0) is 52.7 Å². The Hall–Kier alpha value is -6.37. The number of aliphatic carboxylic acids is 1. The Kier molecular flexibility index (Phi) is 28.0. The van der Waals surface area contributed by atoms with E-state index in [0.29, 0.717) is 38.6 Å². The molecular formula is C48H83N15O14S. The number of thiol groups is 1. The van der Waals surface area contributed by atoms with E-state index >= 15 is 0 Å². The molecule has 0 aromatic carbocycles. The van der Waals surface area contributed by atoms with Crippen LogP contribution in [0.3, 0.4) is 0 Å². The monoisotopic (exact) mass is 1130 g/mol. The van der Waals surface area contributed by atoms with Crippen molar-refractivity contribution in [2.24, 2.45) is 33.8 Å². The van der Waals surface area contributed by atoms with Crippen LogP contribution in [0.15, 0.2) is 4.99 Å². The van der Waals surface area contributed by atoms with Crippen LogP contribution < -0.4 is 65.5 Å². The van der Waals surface area contributed by atoms with Crippen molar-refractivity contribution in [2.45, 2.75) is 177 Å². The van der Waals surface area contributed by atoms with Crippen LogP contribution in [0.4, 0.5) is 0 Å². The highest BCUT2D eigenvalue weighted by atomic mass is 32.1. The largest absolute Gasteiger partial charge is 0.480 e. The summed E-state index contributed by atoms with van der Waals surface area (Å²) in [6.07, 6.45) is 1.71. The van der Waals surface area contributed by atoms with Crippen LogP contribution in [0.2, 0.25) is 0 Å². The summed E-state index contributed by atoms with van der Waals surface area (Å²) < 4.78 is 0. The van der Waals surface area contributed by atoms with Gasteiger partial charge in [-0.1, -0.05) is 20.3 Å². The molecule has 30 heteroatoms. The maximum atomic E-state index is 14.5. The van der Waals surface area contributed by atoms with Crippen molar-refractivity contribution in [2.75, 3.05) is 45.1 Å². The Bertz CT molecular complexity index is 2130. The number of guanidine groups is 1. The van der Waals surface area contributed by atoms with E-state index in [-0.39, 0.29) is 89.3 Å². The van der Waals surface area contributed by atoms with Gasteiger partial charge in [0, 0.05) is 31.8 Å². The van der Waals surface area contributed by atoms with E-state index in [2.05, 4.69) is 60.2 Å². The number of aliphatic hydroxyl groups excluding tert-OH is 2. The van der Waals surface area contributed by atoms with Gasteiger partial charge in [-0.25, -0.2) is 4.79 Å². The molecular weight excluding hydrogens is 1040 g/mol. The van der Waals surface area contributed by atoms with Gasteiger partial charge in [0.05, 0.1) is 18.8 Å². The summed E-state index contributed by atoms with van der Waals surface area (Å²) in [6, 6.07) is -12.8. The van der Waals surface area contributed by atoms with Gasteiger partial charge < -0.3 is 90.6 Å². The zero-order valence-corrected chi connectivity index (χ0v) is 45.6. The number of carbonyl (C=O) groups excluding carboxylic acids is 10. The van der Waals surface area contributed by atoms with E-state index in [0.717, 1.165) is 6.42 Å². The highest BCUT2D eigenvalue weighted by Crippen LogP contribution is 2.27. The Morgan fingerprint density at radius 2 is 1.23 bits per heavy atom. The maximum absolute atomic E-state index is 14.5. The number of carboxylic acids is 1. The minimum atomic E-state index is -1.74. The number of nitrogens with two attached hydrogens (primary N) is 4. The van der Waals surface area contributed by atoms with Gasteiger partial charge in [-0.15, -0.1) is 0 Å². The maximum Gasteiger partial charge on any atom is 0.326 e. The number of aliphatic hydroxyl groups is 2. The fourth-order valence-electron chi connectivity index (χ4n) is 9.28. The Morgan fingerprint density at radius 3 is 1.79 bits per heavy atom. The number of carboxylic acid groups (broad SMARTS) is 1. The zero-order valence-electron chi connectivity index (χ0n) is 44.7. The fraction of sp³-hybridized carbons (Fsp3) is 0.750. The van der Waals surface area contributed by atoms with E-state index < -0.39 is 144 Å². The number of hydrogen-bond donors (Lipinski definition) is 16. The first-order valence-corrected chi connectivity index (χ1v) is 27.3. The number of nitrogens with one attached hydrogen (secondary N) is 8. The van der Waals surface area contributed by atoms with E-state index in [9.17, 15) is 68.1 Å². The van der Waals surface area contributed by atoms with Crippen LogP contribution in [0.25, 0.3) is 0 Å². The summed E-state index contributed by atoms with van der Waals surface area (Å²) in [5, 5.41) is 51.4. The van der Waals surface area contributed by atoms with Crippen LogP contribution in [0.5, 0.6) is 0 Å². The molecule has 0 aromatic heterocycles. The summed E-state index contributed by atoms with van der Waals surface area (Å²) in [5.74, 6) is -10.3. The van der Waals surface area contributed by atoms with Gasteiger partial charge in [-0.3, -0.25) is 52.9 Å². The van der Waals surface area contributed by atoms with E-state index in [1.165, 1.54) is 16.7 Å². The molecule has 0 saturated carbocycles. The van der Waals surface area contributed by atoms with Crippen LogP contribution in [0.1, 0.15) is 111 Å². The molecule has 0 aromatic rings. The third kappa shape index (κ3) is 20.1. The molecule has 0 spiro atoms. The lowest BCUT2D eigenvalue weighted by atomic mass is 9.96. The number of primary amides is 1. The SMILES string of the molecule is CC[C@H](C)[C@H](NC(=O)[C@H](CO)NC(=O)[C@H](CCCCN)NC(=O)[C@@H](NC(=O)[C@H](CS)NC(=O)[C@H](CCC(N)=O)NC(=O)[C@@H]1CCCN1)[C@@H](C)O)C(=O)N1CCC[C@H]1C(=O)N1CCC[C@H]1C(=O)N[C@@H](CCCN=C(N)N)C(=O)O. The van der Waals surface area contributed by atoms with Gasteiger partial charge in [0.2, 0.25) is 59.1 Å². The number of aliphatic imine (C=N–C) groups is 1. The van der Waals surface area contributed by atoms with Crippen LogP contribution in [-0.4, -0.2) is 208 Å². The second-order valence-electron chi connectivity index (χ2n) is 19.9. The van der Waals surface area contributed by atoms with Crippen molar-refractivity contribution in [1.82, 2.24) is 52.3 Å². The molecule has 19 N–H and O–H groups in total. The number of likely N-dealkylation sites (tertiary alicyclic amines) is 2. The fourth-order valence-corrected chi connectivity index (χ4v) is 9.53. The van der Waals surface area contributed by atoms with Crippen molar-refractivity contribution >= 4 is 83.6 Å². The predicted molar refractivity (Wildman–Crippen MR) is 285 cm³/mol. The molecule has 440 valence electrons. The summed E-state index contributed by atoms with van der Waals surface area (Å²) >= 11 is 4.18. The average molecular weight is 1130 g/mol. The van der Waals surface area contributed by atoms with E-state index in [4.69, 9.17) is 22.9 Å². The molecule has 12 atom stereocenters. The highest BCUT2D eigenvalue weighted by Gasteiger charge is 2.45. The molecule has 3 saturated heterocycles. The Labute approximate surface area is 458 Å². The van der Waals surface area contributed by atoms with E-state index in [1.807, 2.05) is 0 Å². The molecule has 29 nitrogen and oxygen atoms in total. The molecule has 0 unspecified atom stereocenters. The summed E-state index contributed by atoms with van der Waals surface area (Å²) in [4.78, 5) is 154. The summed E-state index contributed by atoms with van der Waals surface area (Å²) in [5.41, 5.74) is 21.7. The Balaban J connectivity index is 1.74. The molecule has 3 aliphatic rings. The lowest BCUT2D eigenvalue weighted by Crippen LogP contribution is -2.62. The van der Waals surface area contributed by atoms with E-state index in [1.54, 1.807) is 13.8 Å². The Morgan fingerprint density at radius 1 is 0.667 bits per heavy atom. The number of nitrogens with zero attached hydrogens (tertiary/aromatic N) is 3. The third-order valence-electron chi connectivity index (χ3n) is 14.0. The first-order valence-electron chi connectivity index (χ1n) is 26.6. The normalized spacial score (nSPS) is 20.5. The van der Waals surface area contributed by atoms with Gasteiger partial charge >= 0.3 is 5.97 Å². The molecule has 0 radical (unpaired) electrons. The second-order valence-corrected chi connectivity index (χ2v) is 20.2. The lowest BCUT2D eigenvalue weighted by molar-refractivity contribution is -0.149. The van der Waals surface area contributed by atoms with Crippen molar-refractivity contribution in [3.63, 3.8) is 0 Å². The van der Waals surface area contributed by atoms with Crippen molar-refractivity contribution in [1.29, 1.82) is 0 Å². The van der Waals surface area contributed by atoms with Crippen molar-refractivity contribution < 1.29 is 68.1 Å². The first kappa shape index (κ1) is 65.9. The molecule has 0 aliphatic carbocycles. The number of unbranched alkanes of at least 4 members (excludes halogenated alkanes) is 1. The second kappa shape index (κ2) is 33.2. The smallest absolute Gasteiger partial charge is 0.326 e. The topological polar surface area (TPSA) is 468 Å². The number of amides is 10. The zero-order chi connectivity index (χ0) is 58.2. The first-order chi connectivity index (χ1) is 37.0. The molecule has 78 heavy (non-hydrogen) atoms. The number of carbonyl (C=O) groups is 11. The third-order valence-corrected chi connectivity index (χ3v) is 14.3. The number of rotatable bonds is 33. The number of hydrogen-bond acceptors (Lipinski definition) is 17. The van der Waals surface area contributed by atoms with Gasteiger partial charge in [-0.05, 0) is 103 Å². The standard InChI is InChI=1S/C48H83N15O14S/c1-4-25(2)36(46(75)63-22-10-15-34(63)45(74)62-21-9-14-33(62)43(72)57-30(47(76)77)13-8-20-54-48(51)52)60-41(70)31(23-64)58-39(68)28(11-5-6-18-49)56-44(73)37(26(3)65)61-42(71)32(24-78)59-40(69)29(16-17-35(50)66)55-38(67)27-12-7-19-53-27/h25-34,36-37,53,64-65,78H,4-24,49H2,1-3H3,(H2,50,66)(H,55,67)(H,56,73)(H,57,72)(H,58,68)(H,59,69)(H,60,70)(H,61,71)(H,76,77)(H4,51,52,54)/t25-,26+,27-,28-,29-,30-,31-,32-,33-,34-,36-,37-/m0/s1. The lowest BCUT2D eigenvalue weighted by Gasteiger charge is -2.35. The average Bonchev–Trinajstić information content (AvgIpc) is 4.23. The minimum Gasteiger partial charge on any atom is -0.480 e. The van der Waals surface area contributed by atoms with Crippen LogP contribution in [0, 0.1) is 5.92 Å². The molecule has 3 aliphatic heterocycles. The summed E-state index contributed by atoms with van der Waals surface area (Å²) in [6.45, 7) is 4.89. The molecule has 10 amide bonds. The van der Waals surface area contributed by atoms with Gasteiger partial charge in [0.1, 0.15) is 54.4 Å². The van der Waals surface area contributed by atoms with Crippen LogP contribution >= 0.6 is 12.6 Å². The van der Waals surface area contributed by atoms with Gasteiger partial charge in [0.15, 0.2) is 5.96 Å².